The van der Waals surface area contributed by atoms with Gasteiger partial charge < -0.3 is 0 Å². The standard InChI is InChI=1S/C32H30/c1-21-10-14-23(15-11-21)30-26-8-6-7-9-27(26)31(24-16-12-22(2)13-17-24)29-20-25(32(3,4)5)18-19-28(29)30/h6-20H,1-5H3. The van der Waals surface area contributed by atoms with Crippen molar-refractivity contribution in [2.24, 2.45) is 0 Å². The maximum Gasteiger partial charge on any atom is -0.00263 e. The zero-order valence-electron chi connectivity index (χ0n) is 19.7. The van der Waals surface area contributed by atoms with E-state index < -0.39 is 0 Å². The molecule has 5 aromatic carbocycles. The molecule has 0 unspecified atom stereocenters. The van der Waals surface area contributed by atoms with Crippen LogP contribution in [0.25, 0.3) is 43.8 Å². The first kappa shape index (κ1) is 20.5. The van der Waals surface area contributed by atoms with Crippen molar-refractivity contribution in [2.75, 3.05) is 0 Å². The third-order valence-corrected chi connectivity index (χ3v) is 6.57. The van der Waals surface area contributed by atoms with E-state index in [2.05, 4.69) is 126 Å². The number of rotatable bonds is 2. The molecule has 0 aliphatic carbocycles. The number of hydrogen-bond acceptors (Lipinski definition) is 0. The number of aryl methyl sites for hydroxylation is 2. The maximum absolute atomic E-state index is 2.43. The quantitative estimate of drug-likeness (QED) is 0.252. The van der Waals surface area contributed by atoms with Gasteiger partial charge in [0, 0.05) is 0 Å². The highest BCUT2D eigenvalue weighted by Gasteiger charge is 2.20. The summed E-state index contributed by atoms with van der Waals surface area (Å²) in [6.07, 6.45) is 0. The Bertz CT molecular complexity index is 1430. The second-order valence-corrected chi connectivity index (χ2v) is 10.0. The Kier molecular flexibility index (Phi) is 4.90. The van der Waals surface area contributed by atoms with Crippen LogP contribution in [0.3, 0.4) is 0 Å². The maximum atomic E-state index is 2.43. The highest BCUT2D eigenvalue weighted by molar-refractivity contribution is 6.21. The molecular weight excluding hydrogens is 384 g/mol. The van der Waals surface area contributed by atoms with Crippen molar-refractivity contribution in [3.8, 4) is 22.3 Å². The predicted octanol–water partition coefficient (Wildman–Crippen LogP) is 9.24. The molecule has 0 fully saturated rings. The van der Waals surface area contributed by atoms with E-state index in [-0.39, 0.29) is 5.41 Å². The predicted molar refractivity (Wildman–Crippen MR) is 140 cm³/mol. The fourth-order valence-corrected chi connectivity index (χ4v) is 4.71. The van der Waals surface area contributed by atoms with E-state index in [4.69, 9.17) is 0 Å². The largest absolute Gasteiger partial charge is 0.0616 e. The molecule has 0 N–H and O–H groups in total. The van der Waals surface area contributed by atoms with Crippen molar-refractivity contribution >= 4 is 21.5 Å². The minimum absolute atomic E-state index is 0.0917. The third kappa shape index (κ3) is 3.50. The Labute approximate surface area is 191 Å². The lowest BCUT2D eigenvalue weighted by molar-refractivity contribution is 0.591. The molecule has 0 aliphatic rings. The van der Waals surface area contributed by atoms with Crippen molar-refractivity contribution in [2.45, 2.75) is 40.0 Å². The van der Waals surface area contributed by atoms with E-state index in [0.29, 0.717) is 0 Å². The van der Waals surface area contributed by atoms with Gasteiger partial charge in [0.15, 0.2) is 0 Å². The molecule has 0 aliphatic heterocycles. The van der Waals surface area contributed by atoms with Gasteiger partial charge in [0.25, 0.3) is 0 Å². The summed E-state index contributed by atoms with van der Waals surface area (Å²) in [6, 6.07) is 33.9. The first-order valence-electron chi connectivity index (χ1n) is 11.5. The summed E-state index contributed by atoms with van der Waals surface area (Å²) in [5, 5.41) is 5.26. The highest BCUT2D eigenvalue weighted by Crippen LogP contribution is 2.44. The van der Waals surface area contributed by atoms with Gasteiger partial charge in [0.1, 0.15) is 0 Å². The molecule has 32 heavy (non-hydrogen) atoms. The average molecular weight is 415 g/mol. The summed E-state index contributed by atoms with van der Waals surface area (Å²) in [5.74, 6) is 0. The monoisotopic (exact) mass is 414 g/mol. The molecule has 0 aromatic heterocycles. The van der Waals surface area contributed by atoms with Crippen LogP contribution in [0.2, 0.25) is 0 Å². The highest BCUT2D eigenvalue weighted by atomic mass is 14.2. The summed E-state index contributed by atoms with van der Waals surface area (Å²) < 4.78 is 0. The number of fused-ring (bicyclic) bond motifs is 2. The second kappa shape index (κ2) is 7.64. The van der Waals surface area contributed by atoms with Crippen LogP contribution in [-0.2, 0) is 5.41 Å². The molecular formula is C32H30. The van der Waals surface area contributed by atoms with Gasteiger partial charge in [-0.3, -0.25) is 0 Å². The molecule has 0 saturated carbocycles. The Morgan fingerprint density at radius 2 is 0.906 bits per heavy atom. The van der Waals surface area contributed by atoms with Crippen LogP contribution in [0.15, 0.2) is 91.0 Å². The molecule has 5 aromatic rings. The van der Waals surface area contributed by atoms with E-state index in [1.165, 1.54) is 60.5 Å². The average Bonchev–Trinajstić information content (AvgIpc) is 2.78. The first-order chi connectivity index (χ1) is 15.3. The van der Waals surface area contributed by atoms with Crippen LogP contribution < -0.4 is 0 Å². The summed E-state index contributed by atoms with van der Waals surface area (Å²) >= 11 is 0. The van der Waals surface area contributed by atoms with Gasteiger partial charge in [-0.15, -0.1) is 0 Å². The summed E-state index contributed by atoms with van der Waals surface area (Å²) in [7, 11) is 0. The fraction of sp³-hybridized carbons (Fsp3) is 0.188. The Morgan fingerprint density at radius 1 is 0.469 bits per heavy atom. The van der Waals surface area contributed by atoms with Gasteiger partial charge in [0.05, 0.1) is 0 Å². The Balaban J connectivity index is 1.98. The van der Waals surface area contributed by atoms with Crippen LogP contribution >= 0.6 is 0 Å². The lowest BCUT2D eigenvalue weighted by atomic mass is 9.81. The Morgan fingerprint density at radius 3 is 1.38 bits per heavy atom. The van der Waals surface area contributed by atoms with E-state index in [1.54, 1.807) is 0 Å². The molecule has 0 bridgehead atoms. The fourth-order valence-electron chi connectivity index (χ4n) is 4.71. The normalized spacial score (nSPS) is 11.9. The third-order valence-electron chi connectivity index (χ3n) is 6.57. The SMILES string of the molecule is Cc1ccc(-c2c3ccccc3c(-c3ccc(C)cc3)c3cc(C(C)(C)C)ccc23)cc1. The molecule has 0 heteroatoms. The molecule has 0 nitrogen and oxygen atoms in total. The van der Waals surface area contributed by atoms with Gasteiger partial charge in [-0.1, -0.05) is 117 Å². The molecule has 5 rings (SSSR count). The van der Waals surface area contributed by atoms with Gasteiger partial charge in [-0.25, -0.2) is 0 Å². The van der Waals surface area contributed by atoms with Crippen LogP contribution in [0.4, 0.5) is 0 Å². The van der Waals surface area contributed by atoms with Gasteiger partial charge in [-0.05, 0) is 74.7 Å². The lowest BCUT2D eigenvalue weighted by Gasteiger charge is -2.23. The van der Waals surface area contributed by atoms with Crippen molar-refractivity contribution in [1.29, 1.82) is 0 Å². The van der Waals surface area contributed by atoms with E-state index >= 15 is 0 Å². The second-order valence-electron chi connectivity index (χ2n) is 10.0. The van der Waals surface area contributed by atoms with E-state index in [1.807, 2.05) is 0 Å². The zero-order valence-corrected chi connectivity index (χ0v) is 19.7. The summed E-state index contributed by atoms with van der Waals surface area (Å²) in [4.78, 5) is 0. The molecule has 0 amide bonds. The van der Waals surface area contributed by atoms with Crippen LogP contribution in [-0.4, -0.2) is 0 Å². The molecule has 0 saturated heterocycles. The molecule has 0 spiro atoms. The smallest absolute Gasteiger partial charge is 0.00263 e. The van der Waals surface area contributed by atoms with Gasteiger partial charge >= 0.3 is 0 Å². The van der Waals surface area contributed by atoms with Gasteiger partial charge in [0.2, 0.25) is 0 Å². The lowest BCUT2D eigenvalue weighted by Crippen LogP contribution is -2.10. The molecule has 158 valence electrons. The van der Waals surface area contributed by atoms with Crippen LogP contribution in [0.5, 0.6) is 0 Å². The minimum atomic E-state index is 0.0917. The molecule has 0 heterocycles. The zero-order chi connectivity index (χ0) is 22.5. The topological polar surface area (TPSA) is 0 Å². The summed E-state index contributed by atoms with van der Waals surface area (Å²) in [5.41, 5.74) is 9.23. The van der Waals surface area contributed by atoms with Crippen molar-refractivity contribution < 1.29 is 0 Å². The number of benzene rings is 5. The first-order valence-corrected chi connectivity index (χ1v) is 11.5. The van der Waals surface area contributed by atoms with E-state index in [0.717, 1.165) is 0 Å². The minimum Gasteiger partial charge on any atom is -0.0616 e. The number of hydrogen-bond donors (Lipinski definition) is 0. The van der Waals surface area contributed by atoms with Crippen molar-refractivity contribution in [3.63, 3.8) is 0 Å². The van der Waals surface area contributed by atoms with Crippen LogP contribution in [0.1, 0.15) is 37.5 Å². The van der Waals surface area contributed by atoms with Crippen molar-refractivity contribution in [3.05, 3.63) is 108 Å². The molecule has 0 radical (unpaired) electrons. The van der Waals surface area contributed by atoms with E-state index in [9.17, 15) is 0 Å². The Hall–Kier alpha value is -3.38. The van der Waals surface area contributed by atoms with Gasteiger partial charge in [-0.2, -0.15) is 0 Å². The summed E-state index contributed by atoms with van der Waals surface area (Å²) in [6.45, 7) is 11.2. The molecule has 0 atom stereocenters. The van der Waals surface area contributed by atoms with Crippen molar-refractivity contribution in [1.82, 2.24) is 0 Å². The van der Waals surface area contributed by atoms with Crippen LogP contribution in [0, 0.1) is 13.8 Å².